The zero-order chi connectivity index (χ0) is 15.6. The highest BCUT2D eigenvalue weighted by atomic mass is 32.1. The summed E-state index contributed by atoms with van der Waals surface area (Å²) in [6, 6.07) is 0. The molecule has 0 N–H and O–H groups in total. The number of thiocarbonyl (C=S) groups is 1. The molecule has 0 spiro atoms. The average molecular weight is 313 g/mol. The Balaban J connectivity index is 3.05. The van der Waals surface area contributed by atoms with Gasteiger partial charge < -0.3 is 4.74 Å². The first-order chi connectivity index (χ1) is 10.3. The number of unbranched alkanes of at least 4 members (excludes halogenated alkanes) is 12. The van der Waals surface area contributed by atoms with E-state index in [1.807, 2.05) is 0 Å². The highest BCUT2D eigenvalue weighted by Gasteiger charge is 1.97. The molecule has 0 aromatic rings. The third-order valence-electron chi connectivity index (χ3n) is 3.85. The molecule has 0 amide bonds. The van der Waals surface area contributed by atoms with E-state index in [0.717, 1.165) is 11.5 Å². The second-order valence-electron chi connectivity index (χ2n) is 5.96. The van der Waals surface area contributed by atoms with Gasteiger partial charge in [-0.05, 0) is 18.6 Å². The van der Waals surface area contributed by atoms with Gasteiger partial charge in [0, 0.05) is 6.42 Å². The summed E-state index contributed by atoms with van der Waals surface area (Å²) in [4.78, 5) is 0. The number of hydrogen-bond donors (Lipinski definition) is 0. The predicted octanol–water partition coefficient (Wildman–Crippen LogP) is 7.00. The Bertz CT molecular complexity index is 238. The van der Waals surface area contributed by atoms with Crippen LogP contribution in [0.4, 0.5) is 0 Å². The minimum absolute atomic E-state index is 0.553. The van der Waals surface area contributed by atoms with Crippen LogP contribution in [0, 0.1) is 0 Å². The molecule has 0 unspecified atom stereocenters. The van der Waals surface area contributed by atoms with Gasteiger partial charge in [-0.25, -0.2) is 0 Å². The smallest absolute Gasteiger partial charge is 0.160 e. The molecular weight excluding hydrogens is 276 g/mol. The standard InChI is InChI=1S/C19H36OS/c1-3-5-6-7-8-9-10-11-12-13-14-15-16-17-19(21)20-18-4-2/h4H,2-3,5-18H2,1H3. The SMILES string of the molecule is C=CCOC(=S)CCCCCCCCCCCCCCC. The van der Waals surface area contributed by atoms with Crippen LogP contribution < -0.4 is 0 Å². The Labute approximate surface area is 138 Å². The number of hydrogen-bond acceptors (Lipinski definition) is 2. The monoisotopic (exact) mass is 312 g/mol. The maximum Gasteiger partial charge on any atom is 0.160 e. The predicted molar refractivity (Wildman–Crippen MR) is 99.1 cm³/mol. The summed E-state index contributed by atoms with van der Waals surface area (Å²) in [6.07, 6.45) is 20.7. The lowest BCUT2D eigenvalue weighted by molar-refractivity contribution is 0.348. The maximum absolute atomic E-state index is 5.31. The summed E-state index contributed by atoms with van der Waals surface area (Å²) in [5.74, 6) is 0. The van der Waals surface area contributed by atoms with Crippen LogP contribution in [-0.2, 0) is 4.74 Å². The summed E-state index contributed by atoms with van der Waals surface area (Å²) < 4.78 is 5.31. The summed E-state index contributed by atoms with van der Waals surface area (Å²) in [6.45, 7) is 6.45. The molecule has 0 atom stereocenters. The van der Waals surface area contributed by atoms with Gasteiger partial charge in [0.1, 0.15) is 6.61 Å². The Morgan fingerprint density at radius 1 is 0.810 bits per heavy atom. The van der Waals surface area contributed by atoms with Crippen LogP contribution in [0.3, 0.4) is 0 Å². The van der Waals surface area contributed by atoms with Crippen molar-refractivity contribution in [3.63, 3.8) is 0 Å². The first-order valence-electron chi connectivity index (χ1n) is 9.07. The summed E-state index contributed by atoms with van der Waals surface area (Å²) in [7, 11) is 0. The molecule has 124 valence electrons. The minimum atomic E-state index is 0.553. The van der Waals surface area contributed by atoms with Crippen molar-refractivity contribution in [2.45, 2.75) is 96.8 Å². The van der Waals surface area contributed by atoms with Crippen molar-refractivity contribution < 1.29 is 4.74 Å². The molecule has 0 saturated carbocycles. The fourth-order valence-electron chi connectivity index (χ4n) is 2.51. The molecular formula is C19H36OS. The molecule has 0 fully saturated rings. The summed E-state index contributed by atoms with van der Waals surface area (Å²) in [5.41, 5.74) is 0. The van der Waals surface area contributed by atoms with Crippen molar-refractivity contribution in [3.8, 4) is 0 Å². The van der Waals surface area contributed by atoms with E-state index in [9.17, 15) is 0 Å². The Hall–Kier alpha value is -0.370. The molecule has 21 heavy (non-hydrogen) atoms. The van der Waals surface area contributed by atoms with Gasteiger partial charge in [-0.3, -0.25) is 0 Å². The third kappa shape index (κ3) is 17.6. The molecule has 0 heterocycles. The lowest BCUT2D eigenvalue weighted by Gasteiger charge is -2.05. The number of rotatable bonds is 16. The van der Waals surface area contributed by atoms with Gasteiger partial charge in [0.2, 0.25) is 0 Å². The molecule has 1 nitrogen and oxygen atoms in total. The zero-order valence-electron chi connectivity index (χ0n) is 14.2. The number of ether oxygens (including phenoxy) is 1. The van der Waals surface area contributed by atoms with Gasteiger partial charge in [0.25, 0.3) is 0 Å². The Morgan fingerprint density at radius 2 is 1.24 bits per heavy atom. The van der Waals surface area contributed by atoms with Crippen LogP contribution in [0.25, 0.3) is 0 Å². The molecule has 0 bridgehead atoms. The topological polar surface area (TPSA) is 9.23 Å². The van der Waals surface area contributed by atoms with Crippen molar-refractivity contribution in [2.75, 3.05) is 6.61 Å². The van der Waals surface area contributed by atoms with Crippen LogP contribution in [0.1, 0.15) is 96.8 Å². The Morgan fingerprint density at radius 3 is 1.67 bits per heavy atom. The van der Waals surface area contributed by atoms with E-state index >= 15 is 0 Å². The van der Waals surface area contributed by atoms with Crippen LogP contribution in [0.2, 0.25) is 0 Å². The molecule has 0 aromatic heterocycles. The fourth-order valence-corrected chi connectivity index (χ4v) is 2.72. The molecule has 0 aliphatic carbocycles. The normalized spacial score (nSPS) is 10.5. The van der Waals surface area contributed by atoms with Crippen molar-refractivity contribution in [2.24, 2.45) is 0 Å². The molecule has 0 aliphatic rings. The largest absolute Gasteiger partial charge is 0.483 e. The van der Waals surface area contributed by atoms with E-state index in [-0.39, 0.29) is 0 Å². The highest BCUT2D eigenvalue weighted by molar-refractivity contribution is 7.80. The van der Waals surface area contributed by atoms with E-state index in [1.54, 1.807) is 6.08 Å². The van der Waals surface area contributed by atoms with Crippen molar-refractivity contribution in [1.82, 2.24) is 0 Å². The van der Waals surface area contributed by atoms with Crippen LogP contribution in [-0.4, -0.2) is 11.7 Å². The quantitative estimate of drug-likeness (QED) is 0.172. The Kier molecular flexibility index (Phi) is 17.4. The summed E-state index contributed by atoms with van der Waals surface area (Å²) in [5, 5.41) is 0.748. The first-order valence-corrected chi connectivity index (χ1v) is 9.48. The van der Waals surface area contributed by atoms with Crippen LogP contribution >= 0.6 is 12.2 Å². The molecule has 0 aromatic carbocycles. The molecule has 2 heteroatoms. The van der Waals surface area contributed by atoms with Crippen LogP contribution in [0.15, 0.2) is 12.7 Å². The second kappa shape index (κ2) is 17.7. The van der Waals surface area contributed by atoms with Gasteiger partial charge in [-0.2, -0.15) is 0 Å². The first kappa shape index (κ1) is 20.6. The minimum Gasteiger partial charge on any atom is -0.483 e. The van der Waals surface area contributed by atoms with Crippen molar-refractivity contribution in [1.29, 1.82) is 0 Å². The van der Waals surface area contributed by atoms with E-state index in [2.05, 4.69) is 13.5 Å². The average Bonchev–Trinajstić information content (AvgIpc) is 2.49. The van der Waals surface area contributed by atoms with Crippen molar-refractivity contribution in [3.05, 3.63) is 12.7 Å². The maximum atomic E-state index is 5.31. The third-order valence-corrected chi connectivity index (χ3v) is 4.17. The molecule has 0 saturated heterocycles. The van der Waals surface area contributed by atoms with Gasteiger partial charge in [0.05, 0.1) is 0 Å². The van der Waals surface area contributed by atoms with E-state index in [0.29, 0.717) is 6.61 Å². The highest BCUT2D eigenvalue weighted by Crippen LogP contribution is 2.13. The molecule has 0 aliphatic heterocycles. The van der Waals surface area contributed by atoms with Crippen molar-refractivity contribution >= 4 is 17.3 Å². The van der Waals surface area contributed by atoms with E-state index in [1.165, 1.54) is 83.5 Å². The van der Waals surface area contributed by atoms with E-state index in [4.69, 9.17) is 17.0 Å². The fraction of sp³-hybridized carbons (Fsp3) is 0.842. The lowest BCUT2D eigenvalue weighted by atomic mass is 10.0. The summed E-state index contributed by atoms with van der Waals surface area (Å²) >= 11 is 5.14. The molecule has 0 rings (SSSR count). The van der Waals surface area contributed by atoms with E-state index < -0.39 is 0 Å². The van der Waals surface area contributed by atoms with Gasteiger partial charge in [0.15, 0.2) is 5.05 Å². The molecule has 0 radical (unpaired) electrons. The van der Waals surface area contributed by atoms with Gasteiger partial charge >= 0.3 is 0 Å². The lowest BCUT2D eigenvalue weighted by Crippen LogP contribution is -2.01. The zero-order valence-corrected chi connectivity index (χ0v) is 15.0. The second-order valence-corrected chi connectivity index (χ2v) is 6.42. The van der Waals surface area contributed by atoms with Gasteiger partial charge in [-0.15, -0.1) is 0 Å². The van der Waals surface area contributed by atoms with Gasteiger partial charge in [-0.1, -0.05) is 96.6 Å². The van der Waals surface area contributed by atoms with Crippen LogP contribution in [0.5, 0.6) is 0 Å².